The van der Waals surface area contributed by atoms with Crippen molar-refractivity contribution in [3.63, 3.8) is 0 Å². The molecule has 1 aromatic carbocycles. The normalized spacial score (nSPS) is 18.1. The lowest BCUT2D eigenvalue weighted by atomic mass is 10.3. The number of hydrogen-bond donors (Lipinski definition) is 0. The van der Waals surface area contributed by atoms with Gasteiger partial charge in [0.1, 0.15) is 5.76 Å². The molecule has 1 saturated heterocycles. The van der Waals surface area contributed by atoms with E-state index in [4.69, 9.17) is 9.15 Å². The van der Waals surface area contributed by atoms with Crippen molar-refractivity contribution < 1.29 is 13.9 Å². The molecule has 24 heavy (non-hydrogen) atoms. The summed E-state index contributed by atoms with van der Waals surface area (Å²) in [6, 6.07) is 13.3. The van der Waals surface area contributed by atoms with E-state index in [-0.39, 0.29) is 5.91 Å². The summed E-state index contributed by atoms with van der Waals surface area (Å²) in [5.74, 6) is 0.570. The first-order valence-corrected chi connectivity index (χ1v) is 9.16. The van der Waals surface area contributed by atoms with E-state index in [1.807, 2.05) is 42.5 Å². The van der Waals surface area contributed by atoms with Crippen molar-refractivity contribution >= 4 is 57.2 Å². The topological polar surface area (TPSA) is 55.0 Å². The molecule has 0 unspecified atom stereocenters. The monoisotopic (exact) mass is 454 g/mol. The van der Waals surface area contributed by atoms with E-state index in [2.05, 4.69) is 27.6 Å². The number of ether oxygens (including phenoxy) is 1. The molecule has 0 aliphatic carbocycles. The van der Waals surface area contributed by atoms with Gasteiger partial charge in [0.25, 0.3) is 5.91 Å². The molecule has 1 fully saturated rings. The standard InChI is InChI=1S/C17H15IN2O3S/c1-22-10-9-20-16(21)14(11-13-7-8-15(18)23-13)24-17(20)19-12-5-3-2-4-6-12/h2-8,11H,9-10H2,1H3/b14-11+,19-17?. The number of nitrogens with zero attached hydrogens (tertiary/aromatic N) is 2. The minimum absolute atomic E-state index is 0.0851. The summed E-state index contributed by atoms with van der Waals surface area (Å²) in [5.41, 5.74) is 0.809. The van der Waals surface area contributed by atoms with E-state index < -0.39 is 0 Å². The number of para-hydroxylation sites is 1. The minimum atomic E-state index is -0.0851. The Labute approximate surface area is 157 Å². The molecule has 0 saturated carbocycles. The third-order valence-corrected chi connectivity index (χ3v) is 4.84. The lowest BCUT2D eigenvalue weighted by Crippen LogP contribution is -2.32. The van der Waals surface area contributed by atoms with Gasteiger partial charge < -0.3 is 9.15 Å². The van der Waals surface area contributed by atoms with Crippen molar-refractivity contribution in [1.29, 1.82) is 0 Å². The molecule has 0 spiro atoms. The van der Waals surface area contributed by atoms with Crippen LogP contribution in [0.5, 0.6) is 0 Å². The summed E-state index contributed by atoms with van der Waals surface area (Å²) >= 11 is 3.44. The van der Waals surface area contributed by atoms with Crippen molar-refractivity contribution in [3.8, 4) is 0 Å². The molecule has 1 aliphatic rings. The van der Waals surface area contributed by atoms with E-state index in [9.17, 15) is 4.79 Å². The van der Waals surface area contributed by atoms with E-state index in [1.54, 1.807) is 18.1 Å². The minimum Gasteiger partial charge on any atom is -0.451 e. The fourth-order valence-electron chi connectivity index (χ4n) is 2.12. The fourth-order valence-corrected chi connectivity index (χ4v) is 3.56. The highest BCUT2D eigenvalue weighted by molar-refractivity contribution is 14.1. The number of amides is 1. The highest BCUT2D eigenvalue weighted by Gasteiger charge is 2.33. The molecule has 3 rings (SSSR count). The molecule has 7 heteroatoms. The largest absolute Gasteiger partial charge is 0.451 e. The van der Waals surface area contributed by atoms with Crippen LogP contribution in [0.3, 0.4) is 0 Å². The average Bonchev–Trinajstić information content (AvgIpc) is 3.11. The molecular weight excluding hydrogens is 439 g/mol. The zero-order chi connectivity index (χ0) is 16.9. The number of halogens is 1. The fraction of sp³-hybridized carbons (Fsp3) is 0.176. The molecule has 1 aromatic heterocycles. The molecule has 2 aromatic rings. The van der Waals surface area contributed by atoms with Crippen molar-refractivity contribution in [1.82, 2.24) is 4.90 Å². The van der Waals surface area contributed by atoms with Gasteiger partial charge in [-0.25, -0.2) is 4.99 Å². The Morgan fingerprint density at radius 3 is 2.75 bits per heavy atom. The molecular formula is C17H15IN2O3S. The Balaban J connectivity index is 1.90. The summed E-state index contributed by atoms with van der Waals surface area (Å²) in [5, 5.41) is 0.649. The van der Waals surface area contributed by atoms with Gasteiger partial charge >= 0.3 is 0 Å². The molecule has 1 amide bonds. The van der Waals surface area contributed by atoms with E-state index >= 15 is 0 Å². The number of carbonyl (C=O) groups is 1. The van der Waals surface area contributed by atoms with Gasteiger partial charge in [0.2, 0.25) is 0 Å². The first-order valence-electron chi connectivity index (χ1n) is 7.27. The smallest absolute Gasteiger partial charge is 0.266 e. The summed E-state index contributed by atoms with van der Waals surface area (Å²) in [7, 11) is 1.61. The summed E-state index contributed by atoms with van der Waals surface area (Å²) in [4.78, 5) is 19.5. The molecule has 0 radical (unpaired) electrons. The van der Waals surface area contributed by atoms with Crippen molar-refractivity contribution in [3.05, 3.63) is 56.9 Å². The van der Waals surface area contributed by atoms with E-state index in [0.29, 0.717) is 29.0 Å². The van der Waals surface area contributed by atoms with Crippen LogP contribution in [0, 0.1) is 3.77 Å². The number of rotatable bonds is 5. The average molecular weight is 454 g/mol. The first-order chi connectivity index (χ1) is 11.7. The molecule has 0 bridgehead atoms. The Morgan fingerprint density at radius 2 is 2.08 bits per heavy atom. The van der Waals surface area contributed by atoms with Gasteiger partial charge in [-0.15, -0.1) is 0 Å². The summed E-state index contributed by atoms with van der Waals surface area (Å²) in [6.07, 6.45) is 1.75. The maximum Gasteiger partial charge on any atom is 0.266 e. The Morgan fingerprint density at radius 1 is 1.29 bits per heavy atom. The number of hydrogen-bond acceptors (Lipinski definition) is 5. The van der Waals surface area contributed by atoms with Gasteiger partial charge in [-0.3, -0.25) is 9.69 Å². The lowest BCUT2D eigenvalue weighted by molar-refractivity contribution is -0.122. The number of aliphatic imine (C=N–C) groups is 1. The summed E-state index contributed by atoms with van der Waals surface area (Å²) < 4.78 is 11.4. The third-order valence-electron chi connectivity index (χ3n) is 3.26. The van der Waals surface area contributed by atoms with Crippen molar-refractivity contribution in [2.24, 2.45) is 4.99 Å². The number of carbonyl (C=O) groups excluding carboxylic acids is 1. The van der Waals surface area contributed by atoms with Gasteiger partial charge in [0.05, 0.1) is 23.7 Å². The lowest BCUT2D eigenvalue weighted by Gasteiger charge is -2.14. The number of furan rings is 1. The van der Waals surface area contributed by atoms with Crippen LogP contribution in [-0.4, -0.2) is 36.2 Å². The molecule has 1 aliphatic heterocycles. The second-order valence-electron chi connectivity index (χ2n) is 4.93. The van der Waals surface area contributed by atoms with Crippen LogP contribution >= 0.6 is 34.4 Å². The van der Waals surface area contributed by atoms with Gasteiger partial charge in [-0.1, -0.05) is 18.2 Å². The van der Waals surface area contributed by atoms with E-state index in [1.165, 1.54) is 11.8 Å². The van der Waals surface area contributed by atoms with Crippen LogP contribution in [0.4, 0.5) is 5.69 Å². The first kappa shape index (κ1) is 17.2. The SMILES string of the molecule is COCCN1C(=O)/C(=C\c2ccc(I)o2)SC1=Nc1ccccc1. The zero-order valence-corrected chi connectivity index (χ0v) is 15.9. The second-order valence-corrected chi connectivity index (χ2v) is 7.00. The number of benzene rings is 1. The van der Waals surface area contributed by atoms with Gasteiger partial charge in [0.15, 0.2) is 8.93 Å². The van der Waals surface area contributed by atoms with Crippen LogP contribution in [0.15, 0.2) is 56.8 Å². The van der Waals surface area contributed by atoms with Gasteiger partial charge in [-0.05, 0) is 58.6 Å². The zero-order valence-electron chi connectivity index (χ0n) is 12.9. The van der Waals surface area contributed by atoms with Crippen LogP contribution in [0.2, 0.25) is 0 Å². The summed E-state index contributed by atoms with van der Waals surface area (Å²) in [6.45, 7) is 0.910. The maximum absolute atomic E-state index is 12.7. The van der Waals surface area contributed by atoms with Crippen LogP contribution < -0.4 is 0 Å². The number of thioether (sulfide) groups is 1. The molecule has 5 nitrogen and oxygen atoms in total. The maximum atomic E-state index is 12.7. The Kier molecular flexibility index (Phi) is 5.75. The predicted octanol–water partition coefficient (Wildman–Crippen LogP) is 4.13. The third kappa shape index (κ3) is 4.08. The second kappa shape index (κ2) is 8.00. The molecule has 0 atom stereocenters. The quantitative estimate of drug-likeness (QED) is 0.504. The Bertz CT molecular complexity index is 786. The van der Waals surface area contributed by atoms with Crippen LogP contribution in [0.25, 0.3) is 6.08 Å². The van der Waals surface area contributed by atoms with Gasteiger partial charge in [0, 0.05) is 13.2 Å². The van der Waals surface area contributed by atoms with Crippen LogP contribution in [0.1, 0.15) is 5.76 Å². The van der Waals surface area contributed by atoms with Crippen molar-refractivity contribution in [2.45, 2.75) is 0 Å². The van der Waals surface area contributed by atoms with Crippen LogP contribution in [-0.2, 0) is 9.53 Å². The molecule has 2 heterocycles. The molecule has 0 N–H and O–H groups in total. The van der Waals surface area contributed by atoms with Gasteiger partial charge in [-0.2, -0.15) is 0 Å². The number of amidine groups is 1. The Hall–Kier alpha value is -1.58. The van der Waals surface area contributed by atoms with Crippen molar-refractivity contribution in [2.75, 3.05) is 20.3 Å². The van der Waals surface area contributed by atoms with E-state index in [0.717, 1.165) is 9.45 Å². The highest BCUT2D eigenvalue weighted by Crippen LogP contribution is 2.34. The predicted molar refractivity (Wildman–Crippen MR) is 104 cm³/mol. The highest BCUT2D eigenvalue weighted by atomic mass is 127. The molecule has 124 valence electrons. The number of methoxy groups -OCH3 is 1.